The number of carbonyl (C=O) groups is 1. The van der Waals surface area contributed by atoms with Crippen molar-refractivity contribution in [3.8, 4) is 5.69 Å². The van der Waals surface area contributed by atoms with E-state index in [2.05, 4.69) is 31.9 Å². The fourth-order valence-electron chi connectivity index (χ4n) is 3.40. The van der Waals surface area contributed by atoms with Gasteiger partial charge in [-0.15, -0.1) is 6.58 Å². The summed E-state index contributed by atoms with van der Waals surface area (Å²) in [7, 11) is 0. The van der Waals surface area contributed by atoms with Crippen LogP contribution in [0.15, 0.2) is 55.5 Å². The summed E-state index contributed by atoms with van der Waals surface area (Å²) in [5, 5.41) is 8.23. The van der Waals surface area contributed by atoms with Gasteiger partial charge in [-0.3, -0.25) is 4.79 Å². The Morgan fingerprint density at radius 2 is 2.15 bits per heavy atom. The van der Waals surface area contributed by atoms with E-state index in [1.807, 2.05) is 30.3 Å². The normalized spacial score (nSPS) is 16.8. The van der Waals surface area contributed by atoms with Gasteiger partial charge in [-0.05, 0) is 25.0 Å². The number of carbonyl (C=O) groups excluding carboxylic acids is 1. The molecule has 3 aromatic rings. The third-order valence-corrected chi connectivity index (χ3v) is 4.59. The second-order valence-electron chi connectivity index (χ2n) is 6.21. The zero-order valence-electron chi connectivity index (χ0n) is 14.4. The molecule has 7 nitrogen and oxygen atoms in total. The van der Waals surface area contributed by atoms with Gasteiger partial charge in [0.15, 0.2) is 5.65 Å². The zero-order chi connectivity index (χ0) is 17.9. The van der Waals surface area contributed by atoms with Crippen LogP contribution in [0.3, 0.4) is 0 Å². The summed E-state index contributed by atoms with van der Waals surface area (Å²) in [4.78, 5) is 23.4. The second-order valence-corrected chi connectivity index (χ2v) is 6.21. The lowest BCUT2D eigenvalue weighted by Gasteiger charge is -2.25. The van der Waals surface area contributed by atoms with Crippen molar-refractivity contribution in [3.63, 3.8) is 0 Å². The molecule has 1 N–H and O–H groups in total. The van der Waals surface area contributed by atoms with Crippen LogP contribution >= 0.6 is 0 Å². The van der Waals surface area contributed by atoms with Crippen LogP contribution in [0.1, 0.15) is 12.8 Å². The predicted molar refractivity (Wildman–Crippen MR) is 100 cm³/mol. The maximum absolute atomic E-state index is 12.5. The van der Waals surface area contributed by atoms with Crippen LogP contribution < -0.4 is 10.2 Å². The average molecular weight is 348 g/mol. The molecule has 1 unspecified atom stereocenters. The predicted octanol–water partition coefficient (Wildman–Crippen LogP) is 2.09. The van der Waals surface area contributed by atoms with E-state index in [0.29, 0.717) is 6.54 Å². The number of hydrogen-bond acceptors (Lipinski definition) is 5. The van der Waals surface area contributed by atoms with Crippen molar-refractivity contribution < 1.29 is 4.79 Å². The van der Waals surface area contributed by atoms with E-state index in [-0.39, 0.29) is 11.9 Å². The molecule has 0 aliphatic carbocycles. The maximum Gasteiger partial charge on any atom is 0.243 e. The Bertz CT molecular complexity index is 936. The monoisotopic (exact) mass is 348 g/mol. The first-order chi connectivity index (χ1) is 12.8. The van der Waals surface area contributed by atoms with Gasteiger partial charge >= 0.3 is 0 Å². The Kier molecular flexibility index (Phi) is 4.35. The average Bonchev–Trinajstić information content (AvgIpc) is 3.33. The van der Waals surface area contributed by atoms with Crippen molar-refractivity contribution in [3.05, 3.63) is 55.5 Å². The van der Waals surface area contributed by atoms with Crippen LogP contribution in [-0.4, -0.2) is 44.8 Å². The lowest BCUT2D eigenvalue weighted by molar-refractivity contribution is -0.121. The van der Waals surface area contributed by atoms with E-state index < -0.39 is 0 Å². The SMILES string of the molecule is C=CCNC(=O)C1CCCN1c1ncnc2c1cnn2-c1ccccc1. The minimum Gasteiger partial charge on any atom is -0.351 e. The van der Waals surface area contributed by atoms with Gasteiger partial charge in [-0.1, -0.05) is 24.3 Å². The number of fused-ring (bicyclic) bond motifs is 1. The van der Waals surface area contributed by atoms with Gasteiger partial charge in [0.25, 0.3) is 0 Å². The summed E-state index contributed by atoms with van der Waals surface area (Å²) in [5.74, 6) is 0.762. The Balaban J connectivity index is 1.72. The highest BCUT2D eigenvalue weighted by molar-refractivity contribution is 5.92. The van der Waals surface area contributed by atoms with Crippen molar-refractivity contribution in [1.29, 1.82) is 0 Å². The Labute approximate surface area is 151 Å². The number of hydrogen-bond donors (Lipinski definition) is 1. The van der Waals surface area contributed by atoms with E-state index >= 15 is 0 Å². The molecule has 1 fully saturated rings. The molecular weight excluding hydrogens is 328 g/mol. The fraction of sp³-hybridized carbons (Fsp3) is 0.263. The van der Waals surface area contributed by atoms with E-state index in [0.717, 1.165) is 41.9 Å². The molecule has 0 spiro atoms. The van der Waals surface area contributed by atoms with Crippen LogP contribution in [0.5, 0.6) is 0 Å². The molecule has 0 saturated carbocycles. The topological polar surface area (TPSA) is 75.9 Å². The molecule has 7 heteroatoms. The summed E-state index contributed by atoms with van der Waals surface area (Å²) >= 11 is 0. The lowest BCUT2D eigenvalue weighted by Crippen LogP contribution is -2.43. The Morgan fingerprint density at radius 3 is 2.96 bits per heavy atom. The van der Waals surface area contributed by atoms with Crippen LogP contribution in [0.4, 0.5) is 5.82 Å². The minimum atomic E-state index is -0.229. The third kappa shape index (κ3) is 2.81. The summed E-state index contributed by atoms with van der Waals surface area (Å²) < 4.78 is 1.80. The van der Waals surface area contributed by atoms with Crippen LogP contribution in [0.25, 0.3) is 16.7 Å². The Hall–Kier alpha value is -3.22. The lowest BCUT2D eigenvalue weighted by atomic mass is 10.2. The Morgan fingerprint density at radius 1 is 1.31 bits per heavy atom. The number of nitrogens with one attached hydrogen (secondary N) is 1. The van der Waals surface area contributed by atoms with Crippen molar-refractivity contribution in [2.45, 2.75) is 18.9 Å². The zero-order valence-corrected chi connectivity index (χ0v) is 14.4. The third-order valence-electron chi connectivity index (χ3n) is 4.59. The molecule has 3 heterocycles. The molecule has 26 heavy (non-hydrogen) atoms. The maximum atomic E-state index is 12.5. The quantitative estimate of drug-likeness (QED) is 0.715. The molecule has 1 aliphatic rings. The van der Waals surface area contributed by atoms with Gasteiger partial charge < -0.3 is 10.2 Å². The molecule has 0 bridgehead atoms. The molecule has 1 saturated heterocycles. The van der Waals surface area contributed by atoms with Crippen LogP contribution in [0, 0.1) is 0 Å². The summed E-state index contributed by atoms with van der Waals surface area (Å²) in [6, 6.07) is 9.63. The number of para-hydroxylation sites is 1. The molecule has 132 valence electrons. The molecule has 0 radical (unpaired) electrons. The number of aromatic nitrogens is 4. The first-order valence-electron chi connectivity index (χ1n) is 8.69. The summed E-state index contributed by atoms with van der Waals surface area (Å²) in [6.07, 6.45) is 6.75. The van der Waals surface area contributed by atoms with E-state index in [1.165, 1.54) is 6.33 Å². The minimum absolute atomic E-state index is 0.00427. The highest BCUT2D eigenvalue weighted by Gasteiger charge is 2.32. The molecular formula is C19H20N6O. The van der Waals surface area contributed by atoms with Crippen molar-refractivity contribution in [2.75, 3.05) is 18.0 Å². The molecule has 2 aromatic heterocycles. The highest BCUT2D eigenvalue weighted by Crippen LogP contribution is 2.30. The molecule has 1 aromatic carbocycles. The molecule has 4 rings (SSSR count). The van der Waals surface area contributed by atoms with Crippen LogP contribution in [0.2, 0.25) is 0 Å². The van der Waals surface area contributed by atoms with Crippen molar-refractivity contribution in [1.82, 2.24) is 25.1 Å². The number of anilines is 1. The highest BCUT2D eigenvalue weighted by atomic mass is 16.2. The fourth-order valence-corrected chi connectivity index (χ4v) is 3.40. The number of amides is 1. The second kappa shape index (κ2) is 6.95. The van der Waals surface area contributed by atoms with Crippen molar-refractivity contribution >= 4 is 22.8 Å². The smallest absolute Gasteiger partial charge is 0.243 e. The van der Waals surface area contributed by atoms with E-state index in [4.69, 9.17) is 0 Å². The number of rotatable bonds is 5. The van der Waals surface area contributed by atoms with Crippen molar-refractivity contribution in [2.24, 2.45) is 0 Å². The van der Waals surface area contributed by atoms with Gasteiger partial charge in [0, 0.05) is 13.1 Å². The number of benzene rings is 1. The largest absolute Gasteiger partial charge is 0.351 e. The summed E-state index contributed by atoms with van der Waals surface area (Å²) in [5.41, 5.74) is 1.67. The first kappa shape index (κ1) is 16.3. The number of nitrogens with zero attached hydrogens (tertiary/aromatic N) is 5. The van der Waals surface area contributed by atoms with Gasteiger partial charge in [0.05, 0.1) is 17.3 Å². The van der Waals surface area contributed by atoms with E-state index in [1.54, 1.807) is 17.0 Å². The van der Waals surface area contributed by atoms with Crippen LogP contribution in [-0.2, 0) is 4.79 Å². The summed E-state index contributed by atoms with van der Waals surface area (Å²) in [6.45, 7) is 4.90. The standard InChI is InChI=1S/C19H20N6O/c1-2-10-20-19(26)16-9-6-11-24(16)17-15-12-23-25(18(15)22-13-21-17)14-7-4-3-5-8-14/h2-5,7-8,12-13,16H,1,6,9-11H2,(H,20,26). The van der Waals surface area contributed by atoms with Gasteiger partial charge in [-0.2, -0.15) is 5.10 Å². The van der Waals surface area contributed by atoms with E-state index in [9.17, 15) is 4.79 Å². The van der Waals surface area contributed by atoms with Gasteiger partial charge in [-0.25, -0.2) is 14.6 Å². The van der Waals surface area contributed by atoms with Gasteiger partial charge in [0.1, 0.15) is 18.2 Å². The first-order valence-corrected chi connectivity index (χ1v) is 8.69. The molecule has 1 amide bonds. The molecule has 1 aliphatic heterocycles. The van der Waals surface area contributed by atoms with Gasteiger partial charge in [0.2, 0.25) is 5.91 Å². The molecule has 1 atom stereocenters.